The van der Waals surface area contributed by atoms with Gasteiger partial charge in [-0.3, -0.25) is 0 Å². The van der Waals surface area contributed by atoms with Crippen LogP contribution >= 0.6 is 0 Å². The Balaban J connectivity index is 2.04. The van der Waals surface area contributed by atoms with Crippen LogP contribution in [0.3, 0.4) is 0 Å². The van der Waals surface area contributed by atoms with E-state index in [0.717, 1.165) is 17.7 Å². The lowest BCUT2D eigenvalue weighted by Gasteiger charge is -2.13. The van der Waals surface area contributed by atoms with Gasteiger partial charge in [-0.25, -0.2) is 21.9 Å². The monoisotopic (exact) mass is 385 g/mol. The maximum atomic E-state index is 13.2. The molecule has 2 rings (SSSR count). The molecule has 0 unspecified atom stereocenters. The van der Waals surface area contributed by atoms with E-state index in [1.165, 1.54) is 0 Å². The molecule has 1 N–H and O–H groups in total. The van der Waals surface area contributed by atoms with Crippen LogP contribution in [0.1, 0.15) is 19.4 Å². The summed E-state index contributed by atoms with van der Waals surface area (Å²) in [5.74, 6) is -1.08. The summed E-state index contributed by atoms with van der Waals surface area (Å²) >= 11 is 0. The first kappa shape index (κ1) is 20.1. The third-order valence-electron chi connectivity index (χ3n) is 3.51. The molecular weight excluding hydrogens is 364 g/mol. The lowest BCUT2D eigenvalue weighted by atomic mass is 10.1. The molecule has 0 bridgehead atoms. The molecule has 0 amide bonds. The topological polar surface area (TPSA) is 64.6 Å². The third kappa shape index (κ3) is 5.15. The summed E-state index contributed by atoms with van der Waals surface area (Å²) in [4.78, 5) is -0.321. The molecule has 0 heterocycles. The fourth-order valence-corrected chi connectivity index (χ4v) is 3.35. The van der Waals surface area contributed by atoms with Gasteiger partial charge in [0.25, 0.3) is 0 Å². The summed E-state index contributed by atoms with van der Waals surface area (Å²) in [5, 5.41) is 0. The van der Waals surface area contributed by atoms with Gasteiger partial charge in [0, 0.05) is 6.54 Å². The van der Waals surface area contributed by atoms with E-state index in [1.807, 2.05) is 19.9 Å². The van der Waals surface area contributed by atoms with Crippen LogP contribution in [0.25, 0.3) is 0 Å². The van der Waals surface area contributed by atoms with E-state index >= 15 is 0 Å². The molecular formula is C18H21F2NO4S. The van der Waals surface area contributed by atoms with Gasteiger partial charge in [-0.2, -0.15) is 0 Å². The van der Waals surface area contributed by atoms with Crippen LogP contribution in [0, 0.1) is 11.6 Å². The van der Waals surface area contributed by atoms with Gasteiger partial charge in [-0.1, -0.05) is 6.07 Å². The zero-order valence-electron chi connectivity index (χ0n) is 14.6. The summed E-state index contributed by atoms with van der Waals surface area (Å²) < 4.78 is 63.8. The molecule has 0 spiro atoms. The van der Waals surface area contributed by atoms with Gasteiger partial charge in [0.1, 0.15) is 0 Å². The van der Waals surface area contributed by atoms with E-state index in [1.54, 1.807) is 12.1 Å². The summed E-state index contributed by atoms with van der Waals surface area (Å²) in [5.41, 5.74) is 0.852. The smallest absolute Gasteiger partial charge is 0.240 e. The normalized spacial score (nSPS) is 11.4. The largest absolute Gasteiger partial charge is 0.490 e. The van der Waals surface area contributed by atoms with E-state index in [9.17, 15) is 17.2 Å². The van der Waals surface area contributed by atoms with Crippen molar-refractivity contribution in [3.05, 3.63) is 53.6 Å². The quantitative estimate of drug-likeness (QED) is 0.720. The van der Waals surface area contributed by atoms with Crippen LogP contribution in [-0.2, 0) is 16.4 Å². The summed E-state index contributed by atoms with van der Waals surface area (Å²) in [6.45, 7) is 4.82. The Morgan fingerprint density at radius 1 is 0.923 bits per heavy atom. The lowest BCUT2D eigenvalue weighted by Crippen LogP contribution is -2.26. The molecule has 0 aromatic heterocycles. The molecule has 0 aliphatic rings. The Morgan fingerprint density at radius 2 is 1.62 bits per heavy atom. The third-order valence-corrected chi connectivity index (χ3v) is 4.97. The highest BCUT2D eigenvalue weighted by atomic mass is 32.2. The summed E-state index contributed by atoms with van der Waals surface area (Å²) in [7, 11) is -3.92. The van der Waals surface area contributed by atoms with Crippen molar-refractivity contribution >= 4 is 10.0 Å². The van der Waals surface area contributed by atoms with Gasteiger partial charge in [-0.05, 0) is 56.2 Å². The van der Waals surface area contributed by atoms with E-state index < -0.39 is 21.7 Å². The van der Waals surface area contributed by atoms with E-state index in [4.69, 9.17) is 9.47 Å². The van der Waals surface area contributed by atoms with Gasteiger partial charge in [-0.15, -0.1) is 0 Å². The lowest BCUT2D eigenvalue weighted by molar-refractivity contribution is 0.287. The minimum absolute atomic E-state index is 0.0981. The predicted molar refractivity (Wildman–Crippen MR) is 94.0 cm³/mol. The number of nitrogens with one attached hydrogen (secondary N) is 1. The van der Waals surface area contributed by atoms with Crippen molar-refractivity contribution in [2.24, 2.45) is 0 Å². The Bertz CT molecular complexity index is 856. The minimum Gasteiger partial charge on any atom is -0.490 e. The van der Waals surface area contributed by atoms with E-state index in [-0.39, 0.29) is 11.4 Å². The maximum absolute atomic E-state index is 13.2. The van der Waals surface area contributed by atoms with Gasteiger partial charge in [0.05, 0.1) is 18.1 Å². The molecule has 2 aromatic carbocycles. The van der Waals surface area contributed by atoms with Crippen molar-refractivity contribution in [3.8, 4) is 11.5 Å². The van der Waals surface area contributed by atoms with Gasteiger partial charge in [0.15, 0.2) is 23.1 Å². The number of halogens is 2. The summed E-state index contributed by atoms with van der Waals surface area (Å²) in [6.07, 6.45) is 0.398. The molecule has 0 saturated carbocycles. The Morgan fingerprint density at radius 3 is 2.27 bits per heavy atom. The van der Waals surface area contributed by atoms with Crippen molar-refractivity contribution < 1.29 is 26.7 Å². The first-order chi connectivity index (χ1) is 12.4. The molecule has 0 radical (unpaired) electrons. The number of rotatable bonds is 9. The standard InChI is InChI=1S/C18H21F2NO4S/c1-3-24-17-8-5-13(11-18(17)25-4-2)9-10-21-26(22,23)14-6-7-15(19)16(20)12-14/h5-8,11-12,21H,3-4,9-10H2,1-2H3. The fourth-order valence-electron chi connectivity index (χ4n) is 2.31. The second-order valence-corrected chi connectivity index (χ2v) is 7.14. The Labute approximate surface area is 152 Å². The fraction of sp³-hybridized carbons (Fsp3) is 0.333. The van der Waals surface area contributed by atoms with Crippen LogP contribution in [-0.4, -0.2) is 28.2 Å². The average Bonchev–Trinajstić information content (AvgIpc) is 2.59. The average molecular weight is 385 g/mol. The van der Waals surface area contributed by atoms with Crippen molar-refractivity contribution in [2.75, 3.05) is 19.8 Å². The first-order valence-electron chi connectivity index (χ1n) is 8.20. The van der Waals surface area contributed by atoms with Crippen molar-refractivity contribution in [2.45, 2.75) is 25.2 Å². The van der Waals surface area contributed by atoms with E-state index in [2.05, 4.69) is 4.72 Å². The van der Waals surface area contributed by atoms with Gasteiger partial charge >= 0.3 is 0 Å². The second kappa shape index (κ2) is 8.95. The molecule has 26 heavy (non-hydrogen) atoms. The number of ether oxygens (including phenoxy) is 2. The SMILES string of the molecule is CCOc1ccc(CCNS(=O)(=O)c2ccc(F)c(F)c2)cc1OCC. The Kier molecular flexibility index (Phi) is 6.93. The van der Waals surface area contributed by atoms with Crippen molar-refractivity contribution in [3.63, 3.8) is 0 Å². The Hall–Kier alpha value is -2.19. The van der Waals surface area contributed by atoms with E-state index in [0.29, 0.717) is 37.2 Å². The zero-order valence-corrected chi connectivity index (χ0v) is 15.4. The van der Waals surface area contributed by atoms with Crippen LogP contribution in [0.4, 0.5) is 8.78 Å². The zero-order chi connectivity index (χ0) is 19.2. The number of benzene rings is 2. The van der Waals surface area contributed by atoms with Crippen molar-refractivity contribution in [1.29, 1.82) is 0 Å². The van der Waals surface area contributed by atoms with Crippen molar-refractivity contribution in [1.82, 2.24) is 4.72 Å². The molecule has 0 aliphatic carbocycles. The molecule has 142 valence electrons. The van der Waals surface area contributed by atoms with Crippen LogP contribution in [0.15, 0.2) is 41.3 Å². The first-order valence-corrected chi connectivity index (χ1v) is 9.69. The van der Waals surface area contributed by atoms with Crippen LogP contribution in [0.2, 0.25) is 0 Å². The van der Waals surface area contributed by atoms with Gasteiger partial charge in [0.2, 0.25) is 10.0 Å². The highest BCUT2D eigenvalue weighted by Gasteiger charge is 2.16. The summed E-state index contributed by atoms with van der Waals surface area (Å²) in [6, 6.07) is 7.84. The molecule has 0 fully saturated rings. The molecule has 0 atom stereocenters. The van der Waals surface area contributed by atoms with Crippen LogP contribution < -0.4 is 14.2 Å². The molecule has 8 heteroatoms. The highest BCUT2D eigenvalue weighted by Crippen LogP contribution is 2.28. The van der Waals surface area contributed by atoms with Crippen LogP contribution in [0.5, 0.6) is 11.5 Å². The molecule has 2 aromatic rings. The molecule has 5 nitrogen and oxygen atoms in total. The maximum Gasteiger partial charge on any atom is 0.240 e. The van der Waals surface area contributed by atoms with Gasteiger partial charge < -0.3 is 9.47 Å². The number of sulfonamides is 1. The molecule has 0 saturated heterocycles. The minimum atomic E-state index is -3.92. The highest BCUT2D eigenvalue weighted by molar-refractivity contribution is 7.89. The number of hydrogen-bond acceptors (Lipinski definition) is 4. The molecule has 0 aliphatic heterocycles. The number of hydrogen-bond donors (Lipinski definition) is 1. The predicted octanol–water partition coefficient (Wildman–Crippen LogP) is 3.28. The second-order valence-electron chi connectivity index (χ2n) is 5.37.